The van der Waals surface area contributed by atoms with E-state index in [0.717, 1.165) is 31.9 Å². The Bertz CT molecular complexity index is 341. The van der Waals surface area contributed by atoms with Gasteiger partial charge in [0, 0.05) is 18.8 Å². The molecule has 17 heavy (non-hydrogen) atoms. The Kier molecular flexibility index (Phi) is 6.16. The fourth-order valence-electron chi connectivity index (χ4n) is 1.77. The van der Waals surface area contributed by atoms with Gasteiger partial charge >= 0.3 is 0 Å². The summed E-state index contributed by atoms with van der Waals surface area (Å²) in [5.41, 5.74) is 7.29. The van der Waals surface area contributed by atoms with Crippen LogP contribution in [0.1, 0.15) is 20.3 Å². The Hall–Kier alpha value is -0.930. The number of benzene rings is 1. The second kappa shape index (κ2) is 7.41. The number of nitrogens with one attached hydrogen (secondary N) is 1. The number of rotatable bonds is 7. The third kappa shape index (κ3) is 4.84. The molecule has 0 bridgehead atoms. The number of hydrogen-bond donors (Lipinski definition) is 2. The van der Waals surface area contributed by atoms with Crippen molar-refractivity contribution in [1.82, 2.24) is 4.90 Å². The van der Waals surface area contributed by atoms with Crippen LogP contribution in [-0.4, -0.2) is 31.1 Å². The standard InChI is InChI=1S/C13H22ClN3/c1-3-8-17(4-2)9-7-16-13-6-5-11(15)10-12(13)14/h5-6,10,16H,3-4,7-9,15H2,1-2H3. The van der Waals surface area contributed by atoms with E-state index >= 15 is 0 Å². The van der Waals surface area contributed by atoms with Crippen molar-refractivity contribution in [3.05, 3.63) is 23.2 Å². The van der Waals surface area contributed by atoms with Crippen molar-refractivity contribution in [2.24, 2.45) is 0 Å². The fourth-order valence-corrected chi connectivity index (χ4v) is 2.02. The predicted molar refractivity (Wildman–Crippen MR) is 76.8 cm³/mol. The van der Waals surface area contributed by atoms with Gasteiger partial charge in [0.1, 0.15) is 0 Å². The molecule has 0 atom stereocenters. The van der Waals surface area contributed by atoms with Gasteiger partial charge in [-0.15, -0.1) is 0 Å². The summed E-state index contributed by atoms with van der Waals surface area (Å²) in [7, 11) is 0. The molecule has 3 nitrogen and oxygen atoms in total. The molecule has 0 fully saturated rings. The number of anilines is 2. The average molecular weight is 256 g/mol. The summed E-state index contributed by atoms with van der Waals surface area (Å²) in [4.78, 5) is 2.41. The van der Waals surface area contributed by atoms with Gasteiger partial charge in [0.15, 0.2) is 0 Å². The number of hydrogen-bond acceptors (Lipinski definition) is 3. The lowest BCUT2D eigenvalue weighted by molar-refractivity contribution is 0.300. The molecule has 1 aromatic rings. The van der Waals surface area contributed by atoms with E-state index in [1.165, 1.54) is 6.42 Å². The van der Waals surface area contributed by atoms with Crippen molar-refractivity contribution in [2.45, 2.75) is 20.3 Å². The highest BCUT2D eigenvalue weighted by Crippen LogP contribution is 2.23. The number of nitrogens with zero attached hydrogens (tertiary/aromatic N) is 1. The number of likely N-dealkylation sites (N-methyl/N-ethyl adjacent to an activating group) is 1. The third-order valence-corrected chi connectivity index (χ3v) is 3.04. The molecule has 0 aliphatic rings. The van der Waals surface area contributed by atoms with Crippen LogP contribution in [0.5, 0.6) is 0 Å². The second-order valence-electron chi connectivity index (χ2n) is 4.10. The van der Waals surface area contributed by atoms with E-state index in [1.54, 1.807) is 6.07 Å². The van der Waals surface area contributed by atoms with Crippen LogP contribution in [0.3, 0.4) is 0 Å². The SMILES string of the molecule is CCCN(CC)CCNc1ccc(N)cc1Cl. The maximum Gasteiger partial charge on any atom is 0.0657 e. The predicted octanol–water partition coefficient (Wildman–Crippen LogP) is 3.07. The van der Waals surface area contributed by atoms with Crippen LogP contribution < -0.4 is 11.1 Å². The normalized spacial score (nSPS) is 10.8. The van der Waals surface area contributed by atoms with E-state index in [9.17, 15) is 0 Å². The molecule has 3 N–H and O–H groups in total. The number of nitrogen functional groups attached to an aromatic ring is 1. The van der Waals surface area contributed by atoms with Crippen LogP contribution in [-0.2, 0) is 0 Å². The molecule has 0 radical (unpaired) electrons. The highest BCUT2D eigenvalue weighted by atomic mass is 35.5. The second-order valence-corrected chi connectivity index (χ2v) is 4.51. The monoisotopic (exact) mass is 255 g/mol. The van der Waals surface area contributed by atoms with Crippen LogP contribution >= 0.6 is 11.6 Å². The van der Waals surface area contributed by atoms with Gasteiger partial charge in [0.25, 0.3) is 0 Å². The van der Waals surface area contributed by atoms with E-state index in [-0.39, 0.29) is 0 Å². The Labute approximate surface area is 109 Å². The van der Waals surface area contributed by atoms with Crippen molar-refractivity contribution < 1.29 is 0 Å². The van der Waals surface area contributed by atoms with E-state index in [2.05, 4.69) is 24.1 Å². The van der Waals surface area contributed by atoms with Gasteiger partial charge in [-0.3, -0.25) is 0 Å². The van der Waals surface area contributed by atoms with E-state index in [0.29, 0.717) is 10.7 Å². The Balaban J connectivity index is 2.39. The Morgan fingerprint density at radius 2 is 2.06 bits per heavy atom. The van der Waals surface area contributed by atoms with Crippen LogP contribution in [0.2, 0.25) is 5.02 Å². The maximum absolute atomic E-state index is 6.08. The molecule has 0 spiro atoms. The molecule has 0 unspecified atom stereocenters. The van der Waals surface area contributed by atoms with Gasteiger partial charge in [0.2, 0.25) is 0 Å². The molecule has 0 saturated carbocycles. The summed E-state index contributed by atoms with van der Waals surface area (Å²) in [6, 6.07) is 5.55. The van der Waals surface area contributed by atoms with E-state index < -0.39 is 0 Å². The van der Waals surface area contributed by atoms with Crippen LogP contribution in [0.4, 0.5) is 11.4 Å². The lowest BCUT2D eigenvalue weighted by atomic mass is 10.3. The van der Waals surface area contributed by atoms with Crippen molar-refractivity contribution in [3.63, 3.8) is 0 Å². The highest BCUT2D eigenvalue weighted by Gasteiger charge is 2.02. The quantitative estimate of drug-likeness (QED) is 0.736. The molecule has 4 heteroatoms. The van der Waals surface area contributed by atoms with Crippen molar-refractivity contribution in [3.8, 4) is 0 Å². The minimum Gasteiger partial charge on any atom is -0.399 e. The largest absolute Gasteiger partial charge is 0.399 e. The summed E-state index contributed by atoms with van der Waals surface area (Å²) >= 11 is 6.08. The summed E-state index contributed by atoms with van der Waals surface area (Å²) in [5.74, 6) is 0. The summed E-state index contributed by atoms with van der Waals surface area (Å²) < 4.78 is 0. The maximum atomic E-state index is 6.08. The number of nitrogens with two attached hydrogens (primary N) is 1. The molecular weight excluding hydrogens is 234 g/mol. The van der Waals surface area contributed by atoms with Crippen molar-refractivity contribution >= 4 is 23.0 Å². The number of halogens is 1. The lowest BCUT2D eigenvalue weighted by Gasteiger charge is -2.20. The topological polar surface area (TPSA) is 41.3 Å². The third-order valence-electron chi connectivity index (χ3n) is 2.72. The molecular formula is C13H22ClN3. The van der Waals surface area contributed by atoms with Crippen LogP contribution in [0, 0.1) is 0 Å². The lowest BCUT2D eigenvalue weighted by Crippen LogP contribution is -2.29. The summed E-state index contributed by atoms with van der Waals surface area (Å²) in [5, 5.41) is 4.02. The zero-order valence-electron chi connectivity index (χ0n) is 10.7. The van der Waals surface area contributed by atoms with Gasteiger partial charge in [-0.05, 0) is 37.7 Å². The van der Waals surface area contributed by atoms with E-state index in [4.69, 9.17) is 17.3 Å². The average Bonchev–Trinajstić information content (AvgIpc) is 2.30. The smallest absolute Gasteiger partial charge is 0.0657 e. The van der Waals surface area contributed by atoms with Crippen LogP contribution in [0.15, 0.2) is 18.2 Å². The van der Waals surface area contributed by atoms with Gasteiger partial charge in [-0.25, -0.2) is 0 Å². The van der Waals surface area contributed by atoms with Crippen molar-refractivity contribution in [1.29, 1.82) is 0 Å². The van der Waals surface area contributed by atoms with Gasteiger partial charge < -0.3 is 16.0 Å². The first-order valence-corrected chi connectivity index (χ1v) is 6.56. The first kappa shape index (κ1) is 14.1. The fraction of sp³-hybridized carbons (Fsp3) is 0.538. The molecule has 1 aromatic carbocycles. The first-order valence-electron chi connectivity index (χ1n) is 6.18. The minimum atomic E-state index is 0.684. The summed E-state index contributed by atoms with van der Waals surface area (Å²) in [6.45, 7) is 8.56. The van der Waals surface area contributed by atoms with Gasteiger partial charge in [0.05, 0.1) is 10.7 Å². The van der Waals surface area contributed by atoms with Crippen molar-refractivity contribution in [2.75, 3.05) is 37.2 Å². The molecule has 0 aromatic heterocycles. The Morgan fingerprint density at radius 1 is 1.29 bits per heavy atom. The molecule has 0 aliphatic carbocycles. The summed E-state index contributed by atoms with van der Waals surface area (Å²) in [6.07, 6.45) is 1.19. The van der Waals surface area contributed by atoms with Gasteiger partial charge in [-0.2, -0.15) is 0 Å². The van der Waals surface area contributed by atoms with E-state index in [1.807, 2.05) is 12.1 Å². The highest BCUT2D eigenvalue weighted by molar-refractivity contribution is 6.33. The zero-order chi connectivity index (χ0) is 12.7. The molecule has 0 amide bonds. The molecule has 0 heterocycles. The molecule has 96 valence electrons. The van der Waals surface area contributed by atoms with Crippen LogP contribution in [0.25, 0.3) is 0 Å². The Morgan fingerprint density at radius 3 is 2.65 bits per heavy atom. The molecule has 1 rings (SSSR count). The molecule has 0 saturated heterocycles. The van der Waals surface area contributed by atoms with Gasteiger partial charge in [-0.1, -0.05) is 25.4 Å². The zero-order valence-corrected chi connectivity index (χ0v) is 11.4. The molecule has 0 aliphatic heterocycles. The first-order chi connectivity index (χ1) is 8.17. The minimum absolute atomic E-state index is 0.684.